The number of piperidine rings is 1. The van der Waals surface area contributed by atoms with Crippen molar-refractivity contribution in [2.75, 3.05) is 26.7 Å². The highest BCUT2D eigenvalue weighted by molar-refractivity contribution is 6.27. The summed E-state index contributed by atoms with van der Waals surface area (Å²) in [4.78, 5) is 40.4. The van der Waals surface area contributed by atoms with Crippen LogP contribution in [0.4, 0.5) is 0 Å². The highest BCUT2D eigenvalue weighted by atomic mass is 35.5. The molecule has 0 unspecified atom stereocenters. The van der Waals surface area contributed by atoms with E-state index < -0.39 is 35.8 Å². The number of rotatable bonds is 5. The summed E-state index contributed by atoms with van der Waals surface area (Å²) in [5, 5.41) is 20.6. The van der Waals surface area contributed by atoms with Crippen molar-refractivity contribution in [1.82, 2.24) is 14.5 Å². The van der Waals surface area contributed by atoms with Crippen LogP contribution in [-0.4, -0.2) is 75.7 Å². The van der Waals surface area contributed by atoms with Gasteiger partial charge in [-0.15, -0.1) is 0 Å². The molecule has 0 radical (unpaired) electrons. The number of aliphatic hydroxyl groups excluding tert-OH is 2. The van der Waals surface area contributed by atoms with Crippen LogP contribution >= 0.6 is 11.6 Å². The summed E-state index contributed by atoms with van der Waals surface area (Å²) in [7, 11) is 1.99. The molecule has 11 heteroatoms. The fourth-order valence-corrected chi connectivity index (χ4v) is 3.64. The molecule has 0 aromatic carbocycles. The summed E-state index contributed by atoms with van der Waals surface area (Å²) in [5.74, 6) is -0.584. The van der Waals surface area contributed by atoms with Crippen molar-refractivity contribution < 1.29 is 24.5 Å². The van der Waals surface area contributed by atoms with E-state index in [9.17, 15) is 24.6 Å². The second-order valence-corrected chi connectivity index (χ2v) is 7.55. The molecule has 2 saturated heterocycles. The number of halogens is 1. The number of ether oxygens (including phenoxy) is 2. The molecular formula is C18H24ClN3O7. The van der Waals surface area contributed by atoms with Gasteiger partial charge in [0.1, 0.15) is 24.9 Å². The molecule has 0 spiro atoms. The average molecular weight is 430 g/mol. The summed E-state index contributed by atoms with van der Waals surface area (Å²) in [6.07, 6.45) is -1.28. The van der Waals surface area contributed by atoms with E-state index in [1.807, 2.05) is 7.05 Å². The Hall–Kier alpha value is -1.98. The van der Waals surface area contributed by atoms with Crippen molar-refractivity contribution >= 4 is 23.6 Å². The first-order valence-electron chi connectivity index (χ1n) is 9.30. The largest absolute Gasteiger partial charge is 0.463 e. The summed E-state index contributed by atoms with van der Waals surface area (Å²) in [6.45, 7) is 1.35. The minimum absolute atomic E-state index is 0.0713. The van der Waals surface area contributed by atoms with Crippen LogP contribution in [0.2, 0.25) is 0 Å². The van der Waals surface area contributed by atoms with E-state index in [1.165, 1.54) is 12.3 Å². The number of aromatic amines is 1. The summed E-state index contributed by atoms with van der Waals surface area (Å²) >= 11 is 5.49. The third-order valence-corrected chi connectivity index (χ3v) is 5.42. The predicted molar refractivity (Wildman–Crippen MR) is 103 cm³/mol. The lowest BCUT2D eigenvalue weighted by atomic mass is 9.97. The molecule has 3 rings (SSSR count). The van der Waals surface area contributed by atoms with E-state index in [0.717, 1.165) is 23.2 Å². The number of hydrogen-bond acceptors (Lipinski definition) is 8. The standard InChI is InChI=1S/C18H24ClN3O7/c1-21-6-3-10(4-7-21)17(26)28-9-12-13(23)14(24)16(29-12)22-8-11(2-5-19)15(25)20-18(22)27/h2,5,8,10,12-14,16,23-24H,3-4,6-7,9H2,1H3,(H,20,25,27)/b5-2+/t12-,13-,14+,16-/m1/s1. The average Bonchev–Trinajstić information content (AvgIpc) is 2.97. The van der Waals surface area contributed by atoms with Crippen LogP contribution in [0, 0.1) is 5.92 Å². The van der Waals surface area contributed by atoms with Crippen molar-refractivity contribution in [2.45, 2.75) is 37.4 Å². The second kappa shape index (κ2) is 9.23. The molecule has 4 atom stereocenters. The van der Waals surface area contributed by atoms with E-state index >= 15 is 0 Å². The van der Waals surface area contributed by atoms with Crippen LogP contribution in [0.1, 0.15) is 24.6 Å². The molecule has 1 aromatic rings. The maximum Gasteiger partial charge on any atom is 0.330 e. The molecule has 0 bridgehead atoms. The van der Waals surface area contributed by atoms with E-state index in [0.29, 0.717) is 12.8 Å². The number of carbonyl (C=O) groups is 1. The lowest BCUT2D eigenvalue weighted by molar-refractivity contribution is -0.156. The Kier molecular flexibility index (Phi) is 6.91. The van der Waals surface area contributed by atoms with Crippen molar-refractivity contribution in [3.8, 4) is 0 Å². The van der Waals surface area contributed by atoms with Crippen LogP contribution in [0.3, 0.4) is 0 Å². The van der Waals surface area contributed by atoms with Crippen LogP contribution in [-0.2, 0) is 14.3 Å². The molecular weight excluding hydrogens is 406 g/mol. The number of nitrogens with one attached hydrogen (secondary N) is 1. The molecule has 160 valence electrons. The Bertz CT molecular complexity index is 875. The first kappa shape index (κ1) is 21.7. The Morgan fingerprint density at radius 2 is 2.03 bits per heavy atom. The van der Waals surface area contributed by atoms with Gasteiger partial charge in [0.05, 0.1) is 11.5 Å². The zero-order valence-electron chi connectivity index (χ0n) is 15.9. The summed E-state index contributed by atoms with van der Waals surface area (Å²) in [5.41, 5.74) is -0.297. The topological polar surface area (TPSA) is 134 Å². The van der Waals surface area contributed by atoms with Gasteiger partial charge in [-0.25, -0.2) is 4.79 Å². The van der Waals surface area contributed by atoms with Gasteiger partial charge < -0.3 is 24.6 Å². The molecule has 29 heavy (non-hydrogen) atoms. The number of aliphatic hydroxyl groups is 2. The molecule has 10 nitrogen and oxygen atoms in total. The molecule has 3 heterocycles. The van der Waals surface area contributed by atoms with Crippen LogP contribution < -0.4 is 11.2 Å². The fourth-order valence-electron chi connectivity index (χ4n) is 3.50. The molecule has 2 fully saturated rings. The van der Waals surface area contributed by atoms with Gasteiger partial charge in [0, 0.05) is 11.7 Å². The number of nitrogens with zero attached hydrogens (tertiary/aromatic N) is 2. The monoisotopic (exact) mass is 429 g/mol. The normalized spacial score (nSPS) is 28.8. The third-order valence-electron chi connectivity index (χ3n) is 5.29. The highest BCUT2D eigenvalue weighted by Crippen LogP contribution is 2.29. The number of carbonyl (C=O) groups excluding carboxylic acids is 1. The van der Waals surface area contributed by atoms with Crippen LogP contribution in [0.15, 0.2) is 21.3 Å². The van der Waals surface area contributed by atoms with Crippen molar-refractivity contribution in [1.29, 1.82) is 0 Å². The molecule has 2 aliphatic heterocycles. The van der Waals surface area contributed by atoms with Gasteiger partial charge in [0.15, 0.2) is 6.23 Å². The van der Waals surface area contributed by atoms with Gasteiger partial charge in [-0.2, -0.15) is 0 Å². The number of H-pyrrole nitrogens is 1. The molecule has 0 aliphatic carbocycles. The van der Waals surface area contributed by atoms with Gasteiger partial charge in [0.25, 0.3) is 5.56 Å². The second-order valence-electron chi connectivity index (χ2n) is 7.30. The third kappa shape index (κ3) is 4.78. The first-order valence-corrected chi connectivity index (χ1v) is 9.74. The lowest BCUT2D eigenvalue weighted by Crippen LogP contribution is -2.39. The molecule has 1 aromatic heterocycles. The summed E-state index contributed by atoms with van der Waals surface area (Å²) < 4.78 is 11.8. The zero-order chi connectivity index (χ0) is 21.1. The Labute approximate surface area is 171 Å². The molecule has 2 aliphatic rings. The van der Waals surface area contributed by atoms with Gasteiger partial charge in [0.2, 0.25) is 0 Å². The minimum atomic E-state index is -1.46. The van der Waals surface area contributed by atoms with E-state index in [2.05, 4.69) is 9.88 Å². The lowest BCUT2D eigenvalue weighted by Gasteiger charge is -2.27. The molecule has 3 N–H and O–H groups in total. The van der Waals surface area contributed by atoms with E-state index in [4.69, 9.17) is 21.1 Å². The quantitative estimate of drug-likeness (QED) is 0.520. The summed E-state index contributed by atoms with van der Waals surface area (Å²) in [6, 6.07) is 0. The highest BCUT2D eigenvalue weighted by Gasteiger charge is 2.45. The van der Waals surface area contributed by atoms with Crippen LogP contribution in [0.5, 0.6) is 0 Å². The number of esters is 1. The van der Waals surface area contributed by atoms with Gasteiger partial charge >= 0.3 is 11.7 Å². The van der Waals surface area contributed by atoms with Crippen LogP contribution in [0.25, 0.3) is 6.08 Å². The van der Waals surface area contributed by atoms with Crippen molar-refractivity contribution in [3.05, 3.63) is 38.1 Å². The maximum atomic E-state index is 12.3. The van der Waals surface area contributed by atoms with Gasteiger partial charge in [-0.05, 0) is 39.1 Å². The van der Waals surface area contributed by atoms with Gasteiger partial charge in [-0.3, -0.25) is 19.1 Å². The smallest absolute Gasteiger partial charge is 0.330 e. The Morgan fingerprint density at radius 3 is 2.69 bits per heavy atom. The van der Waals surface area contributed by atoms with E-state index in [1.54, 1.807) is 0 Å². The number of hydrogen-bond donors (Lipinski definition) is 3. The molecule has 0 amide bonds. The maximum absolute atomic E-state index is 12.3. The first-order chi connectivity index (χ1) is 13.8. The number of likely N-dealkylation sites (tertiary alicyclic amines) is 1. The van der Waals surface area contributed by atoms with Crippen molar-refractivity contribution in [3.63, 3.8) is 0 Å². The minimum Gasteiger partial charge on any atom is -0.463 e. The van der Waals surface area contributed by atoms with Gasteiger partial charge in [-0.1, -0.05) is 11.6 Å². The predicted octanol–water partition coefficient (Wildman–Crippen LogP) is -0.750. The SMILES string of the molecule is CN1CCC(C(=O)OC[C@H]2O[C@@H](n3cc(/C=C/Cl)c(=O)[nH]c3=O)[C@@H](O)[C@@H]2O)CC1. The van der Waals surface area contributed by atoms with E-state index in [-0.39, 0.29) is 24.1 Å². The van der Waals surface area contributed by atoms with Crippen molar-refractivity contribution in [2.24, 2.45) is 5.92 Å². The Morgan fingerprint density at radius 1 is 1.34 bits per heavy atom. The molecule has 0 saturated carbocycles. The number of aromatic nitrogens is 2. The Balaban J connectivity index is 1.67. The zero-order valence-corrected chi connectivity index (χ0v) is 16.6. The fraction of sp³-hybridized carbons (Fsp3) is 0.611.